The number of hydrogen-bond acceptors (Lipinski definition) is 6. The number of benzene rings is 1. The molecule has 2 aliphatic rings. The molecule has 152 valence electrons. The van der Waals surface area contributed by atoms with E-state index in [0.29, 0.717) is 19.4 Å². The van der Waals surface area contributed by atoms with Crippen LogP contribution in [0, 0.1) is 11.2 Å². The van der Waals surface area contributed by atoms with Crippen molar-refractivity contribution in [1.82, 2.24) is 4.90 Å². The number of esters is 2. The molecule has 0 aromatic heterocycles. The molecular weight excluding hydrogens is 365 g/mol. The zero-order valence-corrected chi connectivity index (χ0v) is 16.3. The number of halogens is 1. The summed E-state index contributed by atoms with van der Waals surface area (Å²) in [5.41, 5.74) is -0.660. The highest BCUT2D eigenvalue weighted by molar-refractivity contribution is 6.08. The third-order valence-corrected chi connectivity index (χ3v) is 5.85. The van der Waals surface area contributed by atoms with Gasteiger partial charge < -0.3 is 9.47 Å². The van der Waals surface area contributed by atoms with Crippen molar-refractivity contribution in [3.8, 4) is 0 Å². The highest BCUT2D eigenvalue weighted by Gasteiger charge is 2.62. The number of carbonyl (C=O) groups is 3. The van der Waals surface area contributed by atoms with Crippen molar-refractivity contribution >= 4 is 17.7 Å². The second-order valence-corrected chi connectivity index (χ2v) is 7.53. The van der Waals surface area contributed by atoms with Gasteiger partial charge in [0.25, 0.3) is 0 Å². The molecule has 2 saturated heterocycles. The lowest BCUT2D eigenvalue weighted by molar-refractivity contribution is -0.173. The molecule has 3 rings (SSSR count). The molecule has 2 heterocycles. The first-order valence-corrected chi connectivity index (χ1v) is 9.70. The molecule has 2 bridgehead atoms. The van der Waals surface area contributed by atoms with Crippen LogP contribution in [-0.2, 0) is 30.4 Å². The van der Waals surface area contributed by atoms with Crippen molar-refractivity contribution < 1.29 is 28.2 Å². The van der Waals surface area contributed by atoms with Crippen LogP contribution in [0.15, 0.2) is 24.3 Å². The first-order chi connectivity index (χ1) is 13.4. The molecule has 0 unspecified atom stereocenters. The summed E-state index contributed by atoms with van der Waals surface area (Å²) >= 11 is 0. The molecule has 7 heteroatoms. The van der Waals surface area contributed by atoms with Crippen LogP contribution in [0.5, 0.6) is 0 Å². The van der Waals surface area contributed by atoms with Gasteiger partial charge in [0.2, 0.25) is 0 Å². The van der Waals surface area contributed by atoms with E-state index < -0.39 is 23.4 Å². The van der Waals surface area contributed by atoms with Gasteiger partial charge in [-0.1, -0.05) is 19.1 Å². The minimum atomic E-state index is -1.55. The maximum atomic E-state index is 13.2. The highest BCUT2D eigenvalue weighted by Crippen LogP contribution is 2.48. The summed E-state index contributed by atoms with van der Waals surface area (Å²) in [7, 11) is 1.24. The molecule has 0 radical (unpaired) electrons. The molecule has 2 aliphatic heterocycles. The van der Waals surface area contributed by atoms with Gasteiger partial charge in [0.05, 0.1) is 20.1 Å². The number of Topliss-reactive ketones (excluding diaryl/α,β-unsaturated/α-hetero) is 1. The standard InChI is InChI=1S/C21H26FNO5/c1-3-10-28-19(25)12-21(20(26)27-2)17-9-8-16(11-18(21)24)23(17)13-14-4-6-15(22)7-5-14/h4-7,16-17H,3,8-13H2,1-2H3/t16-,17-,21-/m1/s1. The number of piperidine rings is 1. The molecule has 28 heavy (non-hydrogen) atoms. The van der Waals surface area contributed by atoms with E-state index in [0.717, 1.165) is 12.0 Å². The molecule has 1 aromatic rings. The molecule has 0 saturated carbocycles. The van der Waals surface area contributed by atoms with Crippen LogP contribution in [0.4, 0.5) is 4.39 Å². The summed E-state index contributed by atoms with van der Waals surface area (Å²) in [6.07, 6.45) is 1.92. The summed E-state index contributed by atoms with van der Waals surface area (Å²) in [6.45, 7) is 2.60. The summed E-state index contributed by atoms with van der Waals surface area (Å²) in [6, 6.07) is 5.74. The number of carbonyl (C=O) groups excluding carboxylic acids is 3. The zero-order valence-electron chi connectivity index (χ0n) is 16.3. The predicted octanol–water partition coefficient (Wildman–Crippen LogP) is 2.63. The van der Waals surface area contributed by atoms with Crippen molar-refractivity contribution in [2.45, 2.75) is 57.7 Å². The van der Waals surface area contributed by atoms with Crippen molar-refractivity contribution in [2.75, 3.05) is 13.7 Å². The van der Waals surface area contributed by atoms with E-state index in [1.165, 1.54) is 19.2 Å². The van der Waals surface area contributed by atoms with E-state index in [9.17, 15) is 18.8 Å². The van der Waals surface area contributed by atoms with Gasteiger partial charge in [0.15, 0.2) is 11.2 Å². The van der Waals surface area contributed by atoms with Crippen LogP contribution in [0.1, 0.15) is 44.6 Å². The molecule has 1 aromatic carbocycles. The number of ether oxygens (including phenoxy) is 2. The minimum absolute atomic E-state index is 0.00648. The van der Waals surface area contributed by atoms with Gasteiger partial charge in [0.1, 0.15) is 5.82 Å². The predicted molar refractivity (Wildman–Crippen MR) is 98.7 cm³/mol. The third-order valence-electron chi connectivity index (χ3n) is 5.85. The Hall–Kier alpha value is -2.28. The summed E-state index contributed by atoms with van der Waals surface area (Å²) < 4.78 is 23.4. The summed E-state index contributed by atoms with van der Waals surface area (Å²) in [4.78, 5) is 40.3. The average Bonchev–Trinajstić information content (AvgIpc) is 3.00. The lowest BCUT2D eigenvalue weighted by atomic mass is 9.70. The van der Waals surface area contributed by atoms with Crippen molar-refractivity contribution in [3.63, 3.8) is 0 Å². The Morgan fingerprint density at radius 1 is 1.25 bits per heavy atom. The third kappa shape index (κ3) is 3.68. The molecule has 6 nitrogen and oxygen atoms in total. The van der Waals surface area contributed by atoms with E-state index in [1.54, 1.807) is 12.1 Å². The first kappa shape index (κ1) is 20.5. The Labute approximate surface area is 164 Å². The molecule has 0 N–H and O–H groups in total. The number of nitrogens with zero attached hydrogens (tertiary/aromatic N) is 1. The Kier molecular flexibility index (Phi) is 6.13. The molecule has 0 aliphatic carbocycles. The van der Waals surface area contributed by atoms with Crippen LogP contribution in [0.2, 0.25) is 0 Å². The van der Waals surface area contributed by atoms with E-state index in [-0.39, 0.29) is 37.1 Å². The lowest BCUT2D eigenvalue weighted by Gasteiger charge is -2.45. The van der Waals surface area contributed by atoms with Crippen molar-refractivity contribution in [1.29, 1.82) is 0 Å². The molecular formula is C21H26FNO5. The van der Waals surface area contributed by atoms with Crippen molar-refractivity contribution in [3.05, 3.63) is 35.6 Å². The Bertz CT molecular complexity index is 750. The van der Waals surface area contributed by atoms with Crippen LogP contribution >= 0.6 is 0 Å². The van der Waals surface area contributed by atoms with Gasteiger partial charge in [-0.2, -0.15) is 0 Å². The van der Waals surface area contributed by atoms with E-state index >= 15 is 0 Å². The second kappa shape index (κ2) is 8.39. The SMILES string of the molecule is CCCOC(=O)C[C@]1(C(=O)OC)C(=O)C[C@H]2CC[C@H]1N2Cc1ccc(F)cc1. The maximum absolute atomic E-state index is 13.2. The van der Waals surface area contributed by atoms with E-state index in [4.69, 9.17) is 9.47 Å². The summed E-state index contributed by atoms with van der Waals surface area (Å²) in [5, 5.41) is 0. The monoisotopic (exact) mass is 391 g/mol. The fourth-order valence-electron chi connectivity index (χ4n) is 4.52. The quantitative estimate of drug-likeness (QED) is 0.526. The van der Waals surface area contributed by atoms with Crippen LogP contribution < -0.4 is 0 Å². The van der Waals surface area contributed by atoms with E-state index in [2.05, 4.69) is 4.90 Å². The zero-order chi connectivity index (χ0) is 20.3. The lowest BCUT2D eigenvalue weighted by Crippen LogP contribution is -2.61. The van der Waals surface area contributed by atoms with Gasteiger partial charge in [0, 0.05) is 25.0 Å². The van der Waals surface area contributed by atoms with E-state index in [1.807, 2.05) is 6.92 Å². The Balaban J connectivity index is 1.91. The van der Waals surface area contributed by atoms with Gasteiger partial charge >= 0.3 is 11.9 Å². The number of ketones is 1. The van der Waals surface area contributed by atoms with Crippen LogP contribution in [0.3, 0.4) is 0 Å². The van der Waals surface area contributed by atoms with Gasteiger partial charge in [-0.05, 0) is 37.0 Å². The number of fused-ring (bicyclic) bond motifs is 2. The van der Waals surface area contributed by atoms with Gasteiger partial charge in [-0.3, -0.25) is 19.3 Å². The number of hydrogen-bond donors (Lipinski definition) is 0. The average molecular weight is 391 g/mol. The maximum Gasteiger partial charge on any atom is 0.321 e. The smallest absolute Gasteiger partial charge is 0.321 e. The van der Waals surface area contributed by atoms with Crippen LogP contribution in [-0.4, -0.2) is 48.4 Å². The highest BCUT2D eigenvalue weighted by atomic mass is 19.1. The fourth-order valence-corrected chi connectivity index (χ4v) is 4.52. The molecule has 0 amide bonds. The first-order valence-electron chi connectivity index (χ1n) is 9.70. The van der Waals surface area contributed by atoms with Gasteiger partial charge in [-0.25, -0.2) is 4.39 Å². The summed E-state index contributed by atoms with van der Waals surface area (Å²) in [5.74, 6) is -1.81. The molecule has 2 fully saturated rings. The van der Waals surface area contributed by atoms with Crippen molar-refractivity contribution in [2.24, 2.45) is 5.41 Å². The Morgan fingerprint density at radius 3 is 2.61 bits per heavy atom. The second-order valence-electron chi connectivity index (χ2n) is 7.53. The Morgan fingerprint density at radius 2 is 1.96 bits per heavy atom. The van der Waals surface area contributed by atoms with Gasteiger partial charge in [-0.15, -0.1) is 0 Å². The molecule has 3 atom stereocenters. The largest absolute Gasteiger partial charge is 0.468 e. The number of methoxy groups -OCH3 is 1. The number of rotatable bonds is 7. The minimum Gasteiger partial charge on any atom is -0.468 e. The van der Waals surface area contributed by atoms with Crippen LogP contribution in [0.25, 0.3) is 0 Å². The molecule has 0 spiro atoms. The normalized spacial score (nSPS) is 26.9. The fraction of sp³-hybridized carbons (Fsp3) is 0.571. The topological polar surface area (TPSA) is 72.9 Å².